The van der Waals surface area contributed by atoms with Gasteiger partial charge in [0.2, 0.25) is 5.91 Å². The molecule has 2 heterocycles. The van der Waals surface area contributed by atoms with Crippen LogP contribution in [0.1, 0.15) is 16.1 Å². The average Bonchev–Trinajstić information content (AvgIpc) is 2.77. The summed E-state index contributed by atoms with van der Waals surface area (Å²) in [6.07, 6.45) is 0. The lowest BCUT2D eigenvalue weighted by Gasteiger charge is -2.28. The molecule has 1 fully saturated rings. The number of fused-ring (bicyclic) bond motifs is 1. The molecule has 2 aromatic carbocycles. The maximum Gasteiger partial charge on any atom is 0.356 e. The smallest absolute Gasteiger partial charge is 0.356 e. The van der Waals surface area contributed by atoms with Crippen molar-refractivity contribution in [2.24, 2.45) is 0 Å². The molecule has 8 nitrogen and oxygen atoms in total. The Bertz CT molecular complexity index is 1150. The third-order valence-corrected chi connectivity index (χ3v) is 4.94. The summed E-state index contributed by atoms with van der Waals surface area (Å²) in [5, 5.41) is 16.1. The van der Waals surface area contributed by atoms with Gasteiger partial charge < -0.3 is 25.4 Å². The highest BCUT2D eigenvalue weighted by atomic mass is 16.5. The van der Waals surface area contributed by atoms with E-state index in [0.29, 0.717) is 30.9 Å². The minimum absolute atomic E-state index is 0.0425. The highest BCUT2D eigenvalue weighted by molar-refractivity contribution is 5.98. The van der Waals surface area contributed by atoms with Crippen molar-refractivity contribution in [1.29, 1.82) is 0 Å². The number of carboxylic acids is 1. The fourth-order valence-corrected chi connectivity index (χ4v) is 3.40. The summed E-state index contributed by atoms with van der Waals surface area (Å²) < 4.78 is 5.62. The highest BCUT2D eigenvalue weighted by Crippen LogP contribution is 2.27. The van der Waals surface area contributed by atoms with E-state index in [9.17, 15) is 14.7 Å². The average molecular weight is 418 g/mol. The monoisotopic (exact) mass is 418 g/mol. The number of benzene rings is 2. The van der Waals surface area contributed by atoms with Crippen molar-refractivity contribution in [2.45, 2.75) is 6.61 Å². The quantitative estimate of drug-likeness (QED) is 0.507. The molecule has 3 N–H and O–H groups in total. The molecule has 1 amide bonds. The molecule has 4 rings (SSSR count). The molecule has 0 bridgehead atoms. The van der Waals surface area contributed by atoms with Crippen LogP contribution in [0, 0.1) is 0 Å². The predicted molar refractivity (Wildman–Crippen MR) is 118 cm³/mol. The molecule has 31 heavy (non-hydrogen) atoms. The van der Waals surface area contributed by atoms with Gasteiger partial charge in [-0.25, -0.2) is 9.78 Å². The van der Waals surface area contributed by atoms with Gasteiger partial charge in [0.25, 0.3) is 0 Å². The van der Waals surface area contributed by atoms with Gasteiger partial charge in [-0.05, 0) is 30.3 Å². The van der Waals surface area contributed by atoms with Crippen molar-refractivity contribution in [3.8, 4) is 0 Å². The van der Waals surface area contributed by atoms with Gasteiger partial charge in [-0.2, -0.15) is 0 Å². The Kier molecular flexibility index (Phi) is 5.70. The molecule has 3 aromatic rings. The summed E-state index contributed by atoms with van der Waals surface area (Å²) >= 11 is 0. The number of carbonyl (C=O) groups is 2. The largest absolute Gasteiger partial charge is 0.476 e. The topological polar surface area (TPSA) is 104 Å². The first-order valence-corrected chi connectivity index (χ1v) is 9.82. The minimum Gasteiger partial charge on any atom is -0.476 e. The Labute approximate surface area is 179 Å². The zero-order valence-electron chi connectivity index (χ0n) is 16.8. The van der Waals surface area contributed by atoms with Crippen LogP contribution in [0.2, 0.25) is 0 Å². The van der Waals surface area contributed by atoms with Crippen LogP contribution in [0.4, 0.5) is 11.4 Å². The Morgan fingerprint density at radius 2 is 2.03 bits per heavy atom. The number of ether oxygens (including phenoxy) is 1. The zero-order chi connectivity index (χ0) is 21.8. The molecule has 1 saturated heterocycles. The van der Waals surface area contributed by atoms with Crippen LogP contribution in [0.5, 0.6) is 0 Å². The van der Waals surface area contributed by atoms with Crippen molar-refractivity contribution in [3.05, 3.63) is 78.3 Å². The summed E-state index contributed by atoms with van der Waals surface area (Å²) in [6.45, 7) is 5.65. The number of pyridine rings is 1. The highest BCUT2D eigenvalue weighted by Gasteiger charge is 2.19. The van der Waals surface area contributed by atoms with Crippen LogP contribution in [0.3, 0.4) is 0 Å². The molecule has 1 aliphatic heterocycles. The fourth-order valence-electron chi connectivity index (χ4n) is 3.40. The van der Waals surface area contributed by atoms with Gasteiger partial charge in [0.1, 0.15) is 6.61 Å². The third-order valence-electron chi connectivity index (χ3n) is 4.94. The van der Waals surface area contributed by atoms with Crippen LogP contribution < -0.4 is 15.5 Å². The number of carbonyl (C=O) groups excluding carboxylic acids is 1. The Balaban J connectivity index is 1.56. The summed E-state index contributed by atoms with van der Waals surface area (Å²) in [5.74, 6) is -0.981. The van der Waals surface area contributed by atoms with Gasteiger partial charge in [0.05, 0.1) is 17.7 Å². The SMILES string of the molecule is C=C(Nc1cc2ccc(N3CCNC(=O)C3)cc2nc1C(=O)O)OCc1ccccc1. The molecule has 0 saturated carbocycles. The number of hydrogen-bond acceptors (Lipinski definition) is 6. The Morgan fingerprint density at radius 1 is 1.23 bits per heavy atom. The number of nitrogens with zero attached hydrogens (tertiary/aromatic N) is 2. The molecular weight excluding hydrogens is 396 g/mol. The van der Waals surface area contributed by atoms with Crippen LogP contribution in [-0.4, -0.2) is 41.6 Å². The molecule has 1 aliphatic rings. The number of nitrogens with one attached hydrogen (secondary N) is 2. The first-order chi connectivity index (χ1) is 15.0. The van der Waals surface area contributed by atoms with E-state index < -0.39 is 5.97 Å². The van der Waals surface area contributed by atoms with Gasteiger partial charge >= 0.3 is 5.97 Å². The van der Waals surface area contributed by atoms with Gasteiger partial charge in [-0.15, -0.1) is 0 Å². The number of anilines is 2. The van der Waals surface area contributed by atoms with E-state index in [1.807, 2.05) is 47.4 Å². The number of carboxylic acid groups (broad SMARTS) is 1. The molecule has 0 aliphatic carbocycles. The van der Waals surface area contributed by atoms with Crippen LogP contribution in [0.25, 0.3) is 10.9 Å². The maximum absolute atomic E-state index is 11.8. The second-order valence-electron chi connectivity index (χ2n) is 7.16. The number of aromatic nitrogens is 1. The Morgan fingerprint density at radius 3 is 2.77 bits per heavy atom. The first-order valence-electron chi connectivity index (χ1n) is 9.82. The van der Waals surface area contributed by atoms with Crippen LogP contribution in [-0.2, 0) is 16.1 Å². The second-order valence-corrected chi connectivity index (χ2v) is 7.16. The lowest BCUT2D eigenvalue weighted by Crippen LogP contribution is -2.47. The van der Waals surface area contributed by atoms with Crippen molar-refractivity contribution in [1.82, 2.24) is 10.3 Å². The number of aromatic carboxylic acids is 1. The molecule has 0 unspecified atom stereocenters. The molecule has 0 radical (unpaired) electrons. The molecule has 158 valence electrons. The predicted octanol–water partition coefficient (Wildman–Crippen LogP) is 2.97. The Hall–Kier alpha value is -4.07. The number of rotatable bonds is 7. The number of hydrogen-bond donors (Lipinski definition) is 3. The lowest BCUT2D eigenvalue weighted by molar-refractivity contribution is -0.120. The van der Waals surface area contributed by atoms with Crippen molar-refractivity contribution in [2.75, 3.05) is 29.9 Å². The van der Waals surface area contributed by atoms with Gasteiger partial charge in [0.15, 0.2) is 11.6 Å². The second kappa shape index (κ2) is 8.74. The van der Waals surface area contributed by atoms with Crippen molar-refractivity contribution >= 4 is 34.2 Å². The summed E-state index contributed by atoms with van der Waals surface area (Å²) in [5.41, 5.74) is 2.48. The lowest BCUT2D eigenvalue weighted by atomic mass is 10.1. The van der Waals surface area contributed by atoms with E-state index in [1.165, 1.54) is 0 Å². The summed E-state index contributed by atoms with van der Waals surface area (Å²) in [4.78, 5) is 29.8. The van der Waals surface area contributed by atoms with E-state index >= 15 is 0 Å². The van der Waals surface area contributed by atoms with Crippen molar-refractivity contribution in [3.63, 3.8) is 0 Å². The number of piperazine rings is 1. The van der Waals surface area contributed by atoms with Gasteiger partial charge in [-0.1, -0.05) is 36.4 Å². The van der Waals surface area contributed by atoms with Crippen LogP contribution in [0.15, 0.2) is 67.1 Å². The van der Waals surface area contributed by atoms with E-state index in [2.05, 4.69) is 22.2 Å². The standard InChI is InChI=1S/C23H22N4O4/c1-15(31-14-16-5-3-2-4-6-16)25-20-11-17-7-8-18(27-10-9-24-21(28)13-27)12-19(17)26-22(20)23(29)30/h2-8,11-12,25H,1,9-10,13-14H2,(H,24,28)(H,29,30). The van der Waals surface area contributed by atoms with E-state index in [1.54, 1.807) is 12.1 Å². The molecular formula is C23H22N4O4. The molecule has 1 aromatic heterocycles. The number of amides is 1. The minimum atomic E-state index is -1.16. The maximum atomic E-state index is 11.8. The zero-order valence-corrected chi connectivity index (χ0v) is 16.8. The third kappa shape index (κ3) is 4.75. The molecule has 8 heteroatoms. The van der Waals surface area contributed by atoms with E-state index in [0.717, 1.165) is 16.6 Å². The van der Waals surface area contributed by atoms with Crippen LogP contribution >= 0.6 is 0 Å². The fraction of sp³-hybridized carbons (Fsp3) is 0.174. The molecule has 0 spiro atoms. The van der Waals surface area contributed by atoms with E-state index in [-0.39, 0.29) is 24.0 Å². The first kappa shape index (κ1) is 20.2. The van der Waals surface area contributed by atoms with Crippen molar-refractivity contribution < 1.29 is 19.4 Å². The normalized spacial score (nSPS) is 13.5. The van der Waals surface area contributed by atoms with Gasteiger partial charge in [0, 0.05) is 24.2 Å². The summed E-state index contributed by atoms with van der Waals surface area (Å²) in [6, 6.07) is 16.9. The van der Waals surface area contributed by atoms with Gasteiger partial charge in [-0.3, -0.25) is 4.79 Å². The summed E-state index contributed by atoms with van der Waals surface area (Å²) in [7, 11) is 0. The van der Waals surface area contributed by atoms with E-state index in [4.69, 9.17) is 4.74 Å². The molecule has 0 atom stereocenters.